The van der Waals surface area contributed by atoms with Gasteiger partial charge in [0.1, 0.15) is 0 Å². The van der Waals surface area contributed by atoms with Crippen LogP contribution in [-0.4, -0.2) is 29.5 Å². The molecular formula is C22H21F3N4O3S2. The van der Waals surface area contributed by atoms with Crippen LogP contribution in [0.4, 0.5) is 18.3 Å². The summed E-state index contributed by atoms with van der Waals surface area (Å²) in [6.45, 7) is 3.48. The van der Waals surface area contributed by atoms with Gasteiger partial charge in [0.2, 0.25) is 10.0 Å². The van der Waals surface area contributed by atoms with Crippen LogP contribution in [0, 0.1) is 0 Å². The van der Waals surface area contributed by atoms with Crippen LogP contribution < -0.4 is 10.0 Å². The number of hydrogen-bond donors (Lipinski definition) is 2. The van der Waals surface area contributed by atoms with Crippen molar-refractivity contribution in [3.8, 4) is 11.1 Å². The fourth-order valence-electron chi connectivity index (χ4n) is 3.18. The van der Waals surface area contributed by atoms with E-state index in [0.717, 1.165) is 23.6 Å². The molecule has 2 aromatic heterocycles. The lowest BCUT2D eigenvalue weighted by atomic mass is 10.00. The smallest absolute Gasteiger partial charge is 0.341 e. The third kappa shape index (κ3) is 5.39. The van der Waals surface area contributed by atoms with Gasteiger partial charge in [0, 0.05) is 28.9 Å². The highest BCUT2D eigenvalue weighted by atomic mass is 32.2. The standard InChI is InChI=1S/C22H21F3N4O3S2/c1-21(2,18-12-33-20(27-18)29-34(31,32)17-7-8-17)28-19(30)14-5-3-13(4-6-14)15-9-16(11-26-10-15)22(23,24)25/h3-6,9-12,17H,7-8H2,1-2H3,(H,27,29)(H,28,30). The summed E-state index contributed by atoms with van der Waals surface area (Å²) >= 11 is 1.14. The zero-order chi connectivity index (χ0) is 24.7. The molecule has 2 heterocycles. The Hall–Kier alpha value is -2.99. The molecule has 1 aliphatic carbocycles. The van der Waals surface area contributed by atoms with Crippen molar-refractivity contribution in [2.24, 2.45) is 0 Å². The molecular weight excluding hydrogens is 489 g/mol. The highest BCUT2D eigenvalue weighted by molar-refractivity contribution is 7.93. The molecule has 0 saturated heterocycles. The highest BCUT2D eigenvalue weighted by Gasteiger charge is 2.36. The average Bonchev–Trinajstić information content (AvgIpc) is 3.53. The first-order valence-corrected chi connectivity index (χ1v) is 12.7. The maximum absolute atomic E-state index is 12.9. The van der Waals surface area contributed by atoms with E-state index in [1.165, 1.54) is 18.3 Å². The van der Waals surface area contributed by atoms with E-state index in [1.54, 1.807) is 31.4 Å². The van der Waals surface area contributed by atoms with Crippen LogP contribution in [0.2, 0.25) is 0 Å². The molecule has 34 heavy (non-hydrogen) atoms. The Morgan fingerprint density at radius 1 is 1.09 bits per heavy atom. The monoisotopic (exact) mass is 510 g/mol. The molecule has 0 bridgehead atoms. The van der Waals surface area contributed by atoms with Crippen molar-refractivity contribution in [2.75, 3.05) is 4.72 Å². The Morgan fingerprint density at radius 2 is 1.76 bits per heavy atom. The second-order valence-corrected chi connectivity index (χ2v) is 11.3. The number of rotatable bonds is 7. The van der Waals surface area contributed by atoms with Crippen LogP contribution in [0.1, 0.15) is 48.3 Å². The quantitative estimate of drug-likeness (QED) is 0.476. The first-order chi connectivity index (χ1) is 15.8. The van der Waals surface area contributed by atoms with Crippen molar-refractivity contribution in [1.82, 2.24) is 15.3 Å². The summed E-state index contributed by atoms with van der Waals surface area (Å²) in [7, 11) is -3.43. The molecule has 1 amide bonds. The molecule has 0 radical (unpaired) electrons. The molecule has 1 aliphatic rings. The Morgan fingerprint density at radius 3 is 2.38 bits per heavy atom. The van der Waals surface area contributed by atoms with Crippen LogP contribution in [-0.2, 0) is 21.7 Å². The number of halogens is 3. The van der Waals surface area contributed by atoms with Crippen LogP contribution in [0.15, 0.2) is 48.1 Å². The molecule has 0 unspecified atom stereocenters. The van der Waals surface area contributed by atoms with E-state index in [1.807, 2.05) is 0 Å². The summed E-state index contributed by atoms with van der Waals surface area (Å²) in [6.07, 6.45) is -1.14. The Kier molecular flexibility index (Phi) is 6.15. The zero-order valence-corrected chi connectivity index (χ0v) is 19.8. The number of nitrogens with one attached hydrogen (secondary N) is 2. The third-order valence-corrected chi connectivity index (χ3v) is 8.02. The summed E-state index contributed by atoms with van der Waals surface area (Å²) < 4.78 is 65.5. The van der Waals surface area contributed by atoms with Crippen molar-refractivity contribution in [3.05, 3.63) is 64.9 Å². The van der Waals surface area contributed by atoms with E-state index >= 15 is 0 Å². The maximum atomic E-state index is 12.9. The van der Waals surface area contributed by atoms with Gasteiger partial charge < -0.3 is 5.32 Å². The van der Waals surface area contributed by atoms with E-state index in [2.05, 4.69) is 20.0 Å². The van der Waals surface area contributed by atoms with E-state index in [9.17, 15) is 26.4 Å². The highest BCUT2D eigenvalue weighted by Crippen LogP contribution is 2.33. The molecule has 1 fully saturated rings. The summed E-state index contributed by atoms with van der Waals surface area (Å²) in [5.74, 6) is -0.410. The Bertz CT molecular complexity index is 1320. The number of sulfonamides is 1. The largest absolute Gasteiger partial charge is 0.417 e. The number of amides is 1. The molecule has 7 nitrogen and oxygen atoms in total. The van der Waals surface area contributed by atoms with Gasteiger partial charge in [-0.25, -0.2) is 13.4 Å². The van der Waals surface area contributed by atoms with Gasteiger partial charge in [0.15, 0.2) is 5.13 Å². The lowest BCUT2D eigenvalue weighted by molar-refractivity contribution is -0.137. The number of thiazole rings is 1. The molecule has 0 spiro atoms. The van der Waals surface area contributed by atoms with E-state index in [4.69, 9.17) is 0 Å². The molecule has 3 aromatic rings. The first kappa shape index (κ1) is 24.1. The van der Waals surface area contributed by atoms with Gasteiger partial charge in [-0.2, -0.15) is 13.2 Å². The van der Waals surface area contributed by atoms with Crippen molar-refractivity contribution in [2.45, 2.75) is 43.7 Å². The fraction of sp³-hybridized carbons (Fsp3) is 0.318. The Labute approximate surface area is 198 Å². The summed E-state index contributed by atoms with van der Waals surface area (Å²) in [4.78, 5) is 20.8. The second kappa shape index (κ2) is 8.66. The van der Waals surface area contributed by atoms with Gasteiger partial charge in [-0.3, -0.25) is 14.5 Å². The number of alkyl halides is 3. The van der Waals surface area contributed by atoms with Gasteiger partial charge >= 0.3 is 6.18 Å². The third-order valence-electron chi connectivity index (χ3n) is 5.31. The number of nitrogens with zero attached hydrogens (tertiary/aromatic N) is 2. The minimum Gasteiger partial charge on any atom is -0.341 e. The fourth-order valence-corrected chi connectivity index (χ4v) is 5.65. The zero-order valence-electron chi connectivity index (χ0n) is 18.2. The molecule has 2 N–H and O–H groups in total. The Balaban J connectivity index is 1.45. The minimum absolute atomic E-state index is 0.239. The predicted octanol–water partition coefficient (Wildman–Crippen LogP) is 4.79. The molecule has 0 atom stereocenters. The minimum atomic E-state index is -4.50. The molecule has 4 rings (SSSR count). The van der Waals surface area contributed by atoms with Crippen molar-refractivity contribution in [1.29, 1.82) is 0 Å². The van der Waals surface area contributed by atoms with Gasteiger partial charge in [-0.05, 0) is 50.5 Å². The van der Waals surface area contributed by atoms with Crippen molar-refractivity contribution >= 4 is 32.4 Å². The van der Waals surface area contributed by atoms with Crippen molar-refractivity contribution < 1.29 is 26.4 Å². The van der Waals surface area contributed by atoms with Gasteiger partial charge in [-0.1, -0.05) is 12.1 Å². The predicted molar refractivity (Wildman–Crippen MR) is 123 cm³/mol. The molecule has 12 heteroatoms. The lowest BCUT2D eigenvalue weighted by Gasteiger charge is -2.24. The van der Waals surface area contributed by atoms with Gasteiger partial charge in [0.05, 0.1) is 22.0 Å². The number of hydrogen-bond acceptors (Lipinski definition) is 6. The van der Waals surface area contributed by atoms with Crippen LogP contribution in [0.3, 0.4) is 0 Å². The summed E-state index contributed by atoms with van der Waals surface area (Å²) in [5.41, 5.74) is -0.184. The normalized spacial score (nSPS) is 14.6. The molecule has 1 aromatic carbocycles. The number of pyridine rings is 1. The average molecular weight is 511 g/mol. The van der Waals surface area contributed by atoms with E-state index in [0.29, 0.717) is 29.7 Å². The molecule has 180 valence electrons. The number of aromatic nitrogens is 2. The number of anilines is 1. The van der Waals surface area contributed by atoms with Crippen LogP contribution in [0.25, 0.3) is 11.1 Å². The van der Waals surface area contributed by atoms with Gasteiger partial charge in [0.25, 0.3) is 5.91 Å². The summed E-state index contributed by atoms with van der Waals surface area (Å²) in [6, 6.07) is 7.12. The van der Waals surface area contributed by atoms with E-state index in [-0.39, 0.29) is 15.9 Å². The molecule has 0 aliphatic heterocycles. The van der Waals surface area contributed by atoms with Crippen molar-refractivity contribution in [3.63, 3.8) is 0 Å². The number of carbonyl (C=O) groups excluding carboxylic acids is 1. The molecule has 1 saturated carbocycles. The summed E-state index contributed by atoms with van der Waals surface area (Å²) in [5, 5.41) is 4.40. The van der Waals surface area contributed by atoms with Crippen LogP contribution in [0.5, 0.6) is 0 Å². The second-order valence-electron chi connectivity index (χ2n) is 8.50. The SMILES string of the molecule is CC(C)(NC(=O)c1ccc(-c2cncc(C(F)(F)F)c2)cc1)c1csc(NS(=O)(=O)C2CC2)n1. The topological polar surface area (TPSA) is 101 Å². The van der Waals surface area contributed by atoms with Crippen LogP contribution >= 0.6 is 11.3 Å². The number of carbonyl (C=O) groups is 1. The first-order valence-electron chi connectivity index (χ1n) is 10.3. The number of benzene rings is 1. The lowest BCUT2D eigenvalue weighted by Crippen LogP contribution is -2.41. The van der Waals surface area contributed by atoms with Gasteiger partial charge in [-0.15, -0.1) is 11.3 Å². The maximum Gasteiger partial charge on any atom is 0.417 e. The van der Waals surface area contributed by atoms with E-state index < -0.39 is 33.2 Å².